The lowest BCUT2D eigenvalue weighted by atomic mass is 10.1. The highest BCUT2D eigenvalue weighted by Crippen LogP contribution is 2.17. The van der Waals surface area contributed by atoms with Gasteiger partial charge in [0.05, 0.1) is 0 Å². The van der Waals surface area contributed by atoms with Gasteiger partial charge >= 0.3 is 0 Å². The second-order valence-electron chi connectivity index (χ2n) is 3.41. The monoisotopic (exact) mass is 211 g/mol. The third-order valence-corrected chi connectivity index (χ3v) is 2.22. The van der Waals surface area contributed by atoms with Crippen molar-refractivity contribution in [2.45, 2.75) is 13.3 Å². The van der Waals surface area contributed by atoms with Crippen LogP contribution < -0.4 is 5.32 Å². The molecular weight excluding hydrogens is 196 g/mol. The third kappa shape index (κ3) is 3.44. The van der Waals surface area contributed by atoms with Crippen molar-refractivity contribution in [3.05, 3.63) is 41.5 Å². The van der Waals surface area contributed by atoms with Crippen LogP contribution in [0.5, 0.6) is 0 Å². The molecule has 0 heterocycles. The highest BCUT2D eigenvalue weighted by molar-refractivity contribution is 5.63. The van der Waals surface area contributed by atoms with Crippen LogP contribution in [0.4, 0.5) is 8.78 Å². The van der Waals surface area contributed by atoms with Gasteiger partial charge in [-0.1, -0.05) is 12.1 Å². The van der Waals surface area contributed by atoms with E-state index in [1.165, 1.54) is 6.07 Å². The molecule has 0 aliphatic rings. The van der Waals surface area contributed by atoms with Gasteiger partial charge in [0.2, 0.25) is 0 Å². The molecule has 1 rings (SSSR count). The topological polar surface area (TPSA) is 12.0 Å². The van der Waals surface area contributed by atoms with Gasteiger partial charge in [0.25, 0.3) is 0 Å². The molecule has 0 saturated heterocycles. The van der Waals surface area contributed by atoms with Crippen LogP contribution in [0.2, 0.25) is 0 Å². The van der Waals surface area contributed by atoms with Gasteiger partial charge < -0.3 is 5.32 Å². The van der Waals surface area contributed by atoms with E-state index in [2.05, 4.69) is 5.32 Å². The van der Waals surface area contributed by atoms with Crippen LogP contribution >= 0.6 is 0 Å². The van der Waals surface area contributed by atoms with E-state index in [4.69, 9.17) is 0 Å². The predicted molar refractivity (Wildman–Crippen MR) is 58.6 cm³/mol. The van der Waals surface area contributed by atoms with Crippen LogP contribution in [0.15, 0.2) is 24.3 Å². The maximum atomic E-state index is 12.9. The van der Waals surface area contributed by atoms with Crippen LogP contribution in [0.25, 0.3) is 5.57 Å². The lowest BCUT2D eigenvalue weighted by Crippen LogP contribution is -2.06. The van der Waals surface area contributed by atoms with Gasteiger partial charge in [0.1, 0.15) is 0 Å². The number of nitrogens with one attached hydrogen (secondary N) is 1. The van der Waals surface area contributed by atoms with Crippen molar-refractivity contribution in [3.63, 3.8) is 0 Å². The molecule has 82 valence electrons. The first-order valence-corrected chi connectivity index (χ1v) is 4.92. The Labute approximate surface area is 88.8 Å². The Kier molecular flexibility index (Phi) is 4.43. The van der Waals surface area contributed by atoms with E-state index in [1.54, 1.807) is 6.07 Å². The molecule has 0 radical (unpaired) electrons. The van der Waals surface area contributed by atoms with E-state index in [0.717, 1.165) is 30.2 Å². The molecule has 1 N–H and O–H groups in total. The summed E-state index contributed by atoms with van der Waals surface area (Å²) in [7, 11) is 1.88. The minimum Gasteiger partial charge on any atom is -0.319 e. The Bertz CT molecular complexity index is 359. The zero-order valence-electron chi connectivity index (χ0n) is 8.98. The molecule has 0 unspecified atom stereocenters. The minimum atomic E-state index is -0.804. The van der Waals surface area contributed by atoms with E-state index < -0.39 is 11.6 Å². The molecule has 3 heteroatoms. The number of allylic oxidation sites excluding steroid dienone is 1. The Balaban J connectivity index is 2.77. The van der Waals surface area contributed by atoms with Crippen LogP contribution in [0.3, 0.4) is 0 Å². The number of rotatable bonds is 4. The standard InChI is InChI=1S/C12H15F2N/c1-9(4-3-7-15-2)10-5-6-11(13)12(14)8-10/h4-6,8,15H,3,7H2,1-2H3. The molecule has 1 aromatic carbocycles. The summed E-state index contributed by atoms with van der Waals surface area (Å²) in [6, 6.07) is 3.96. The molecule has 0 aliphatic heterocycles. The smallest absolute Gasteiger partial charge is 0.159 e. The minimum absolute atomic E-state index is 0.727. The molecule has 0 atom stereocenters. The zero-order chi connectivity index (χ0) is 11.3. The Hall–Kier alpha value is -1.22. The van der Waals surface area contributed by atoms with Crippen molar-refractivity contribution in [3.8, 4) is 0 Å². The molecule has 1 aromatic rings. The van der Waals surface area contributed by atoms with Crippen LogP contribution in [0, 0.1) is 11.6 Å². The molecule has 0 spiro atoms. The van der Waals surface area contributed by atoms with Crippen molar-refractivity contribution in [1.29, 1.82) is 0 Å². The first-order chi connectivity index (χ1) is 7.15. The summed E-state index contributed by atoms with van der Waals surface area (Å²) < 4.78 is 25.6. The van der Waals surface area contributed by atoms with Crippen LogP contribution in [0.1, 0.15) is 18.9 Å². The van der Waals surface area contributed by atoms with Gasteiger partial charge in [-0.15, -0.1) is 0 Å². The molecule has 0 bridgehead atoms. The molecule has 0 fully saturated rings. The van der Waals surface area contributed by atoms with E-state index in [0.29, 0.717) is 0 Å². The van der Waals surface area contributed by atoms with Crippen LogP contribution in [-0.4, -0.2) is 13.6 Å². The van der Waals surface area contributed by atoms with Gasteiger partial charge in [-0.25, -0.2) is 8.78 Å². The summed E-state index contributed by atoms with van der Waals surface area (Å²) in [5.41, 5.74) is 1.69. The van der Waals surface area contributed by atoms with Crippen molar-refractivity contribution >= 4 is 5.57 Å². The van der Waals surface area contributed by atoms with Crippen LogP contribution in [-0.2, 0) is 0 Å². The molecule has 0 amide bonds. The van der Waals surface area contributed by atoms with E-state index in [-0.39, 0.29) is 0 Å². The number of benzene rings is 1. The van der Waals surface area contributed by atoms with E-state index in [1.807, 2.05) is 20.0 Å². The summed E-state index contributed by atoms with van der Waals surface area (Å²) in [5.74, 6) is -1.60. The summed E-state index contributed by atoms with van der Waals surface area (Å²) in [5, 5.41) is 3.02. The first kappa shape index (κ1) is 11.9. The highest BCUT2D eigenvalue weighted by Gasteiger charge is 2.03. The number of hydrogen-bond donors (Lipinski definition) is 1. The predicted octanol–water partition coefficient (Wildman–Crippen LogP) is 2.98. The Morgan fingerprint density at radius 3 is 2.67 bits per heavy atom. The molecule has 1 nitrogen and oxygen atoms in total. The summed E-state index contributed by atoms with van der Waals surface area (Å²) >= 11 is 0. The van der Waals surface area contributed by atoms with E-state index in [9.17, 15) is 8.78 Å². The molecule has 0 saturated carbocycles. The van der Waals surface area contributed by atoms with Gasteiger partial charge in [0.15, 0.2) is 11.6 Å². The SMILES string of the molecule is CNCCC=C(C)c1ccc(F)c(F)c1. The van der Waals surface area contributed by atoms with Crippen molar-refractivity contribution in [2.24, 2.45) is 0 Å². The fraction of sp³-hybridized carbons (Fsp3) is 0.333. The maximum absolute atomic E-state index is 12.9. The van der Waals surface area contributed by atoms with Gasteiger partial charge in [-0.2, -0.15) is 0 Å². The second kappa shape index (κ2) is 5.61. The molecular formula is C12H15F2N. The average molecular weight is 211 g/mol. The fourth-order valence-electron chi connectivity index (χ4n) is 1.29. The lowest BCUT2D eigenvalue weighted by Gasteiger charge is -2.02. The van der Waals surface area contributed by atoms with Crippen molar-refractivity contribution < 1.29 is 8.78 Å². The normalized spacial score (nSPS) is 11.9. The lowest BCUT2D eigenvalue weighted by molar-refractivity contribution is 0.508. The van der Waals surface area contributed by atoms with Gasteiger partial charge in [-0.3, -0.25) is 0 Å². The van der Waals surface area contributed by atoms with Gasteiger partial charge in [0, 0.05) is 0 Å². The first-order valence-electron chi connectivity index (χ1n) is 4.92. The summed E-state index contributed by atoms with van der Waals surface area (Å²) in [6.45, 7) is 2.77. The summed E-state index contributed by atoms with van der Waals surface area (Å²) in [6.07, 6.45) is 2.88. The van der Waals surface area contributed by atoms with Gasteiger partial charge in [-0.05, 0) is 50.2 Å². The molecule has 0 aliphatic carbocycles. The second-order valence-corrected chi connectivity index (χ2v) is 3.41. The molecule has 15 heavy (non-hydrogen) atoms. The number of halogens is 2. The Morgan fingerprint density at radius 1 is 1.33 bits per heavy atom. The fourth-order valence-corrected chi connectivity index (χ4v) is 1.29. The Morgan fingerprint density at radius 2 is 2.07 bits per heavy atom. The van der Waals surface area contributed by atoms with Crippen molar-refractivity contribution in [2.75, 3.05) is 13.6 Å². The van der Waals surface area contributed by atoms with Crippen molar-refractivity contribution in [1.82, 2.24) is 5.32 Å². The quantitative estimate of drug-likeness (QED) is 0.755. The largest absolute Gasteiger partial charge is 0.319 e. The average Bonchev–Trinajstić information content (AvgIpc) is 2.22. The maximum Gasteiger partial charge on any atom is 0.159 e. The third-order valence-electron chi connectivity index (χ3n) is 2.22. The number of hydrogen-bond acceptors (Lipinski definition) is 1. The van der Waals surface area contributed by atoms with E-state index >= 15 is 0 Å². The summed E-state index contributed by atoms with van der Waals surface area (Å²) in [4.78, 5) is 0. The zero-order valence-corrected chi connectivity index (χ0v) is 8.98. The highest BCUT2D eigenvalue weighted by atomic mass is 19.2. The molecule has 0 aromatic heterocycles.